The van der Waals surface area contributed by atoms with Crippen LogP contribution < -0.4 is 9.44 Å². The Labute approximate surface area is 129 Å². The highest BCUT2D eigenvalue weighted by atomic mass is 32.2. The van der Waals surface area contributed by atoms with Crippen molar-refractivity contribution >= 4 is 16.2 Å². The van der Waals surface area contributed by atoms with Crippen LogP contribution >= 0.6 is 0 Å². The number of hydrogen-bond acceptors (Lipinski definition) is 4. The second-order valence-corrected chi connectivity index (χ2v) is 8.82. The topological polar surface area (TPSA) is 84.5 Å². The molecule has 0 bridgehead atoms. The number of nitrogens with one attached hydrogen (secondary N) is 2. The van der Waals surface area contributed by atoms with Crippen LogP contribution in [-0.4, -0.2) is 31.6 Å². The van der Waals surface area contributed by atoms with E-state index in [0.29, 0.717) is 6.42 Å². The standard InChI is InChI=1S/C14H30N2O4S/c1-9-10(2)11(12(17)20-14(6,7)8)15-21(18,19)16-13(3,4)5/h10-11,15-16H,9H2,1-8H3/t10-,11-/m0/s1. The second kappa shape index (κ2) is 7.07. The maximum Gasteiger partial charge on any atom is 0.325 e. The van der Waals surface area contributed by atoms with Crippen LogP contribution in [0.4, 0.5) is 0 Å². The Kier molecular flexibility index (Phi) is 6.84. The fourth-order valence-corrected chi connectivity index (χ4v) is 3.13. The molecule has 126 valence electrons. The molecule has 0 unspecified atom stereocenters. The zero-order chi connectivity index (χ0) is 17.1. The first-order valence-electron chi connectivity index (χ1n) is 7.21. The zero-order valence-electron chi connectivity index (χ0n) is 14.4. The van der Waals surface area contributed by atoms with Gasteiger partial charge in [0.2, 0.25) is 0 Å². The average molecular weight is 322 g/mol. The second-order valence-electron chi connectivity index (χ2n) is 7.37. The molecule has 0 aromatic carbocycles. The third-order valence-corrected chi connectivity index (χ3v) is 4.04. The molecule has 0 fully saturated rings. The minimum absolute atomic E-state index is 0.170. The van der Waals surface area contributed by atoms with E-state index in [2.05, 4.69) is 9.44 Å². The lowest BCUT2D eigenvalue weighted by Crippen LogP contribution is -2.54. The molecule has 0 aliphatic rings. The number of rotatable bonds is 6. The van der Waals surface area contributed by atoms with Crippen LogP contribution in [0, 0.1) is 5.92 Å². The Balaban J connectivity index is 5.15. The van der Waals surface area contributed by atoms with Gasteiger partial charge in [0, 0.05) is 5.54 Å². The molecule has 0 radical (unpaired) electrons. The summed E-state index contributed by atoms with van der Waals surface area (Å²) in [5.41, 5.74) is -1.29. The van der Waals surface area contributed by atoms with Gasteiger partial charge in [-0.3, -0.25) is 4.79 Å². The minimum Gasteiger partial charge on any atom is -0.459 e. The minimum atomic E-state index is -3.80. The van der Waals surface area contributed by atoms with Crippen LogP contribution in [0.1, 0.15) is 61.8 Å². The molecule has 0 rings (SSSR count). The first-order valence-corrected chi connectivity index (χ1v) is 8.69. The van der Waals surface area contributed by atoms with Gasteiger partial charge in [-0.25, -0.2) is 0 Å². The van der Waals surface area contributed by atoms with Gasteiger partial charge >= 0.3 is 5.97 Å². The highest BCUT2D eigenvalue weighted by molar-refractivity contribution is 7.87. The maximum atomic E-state index is 12.2. The molecule has 0 aromatic heterocycles. The number of hydrogen-bond donors (Lipinski definition) is 2. The summed E-state index contributed by atoms with van der Waals surface area (Å²) in [6, 6.07) is -0.908. The van der Waals surface area contributed by atoms with E-state index in [4.69, 9.17) is 4.74 Å². The number of carbonyl (C=O) groups excluding carboxylic acids is 1. The van der Waals surface area contributed by atoms with Gasteiger partial charge in [0.25, 0.3) is 10.2 Å². The van der Waals surface area contributed by atoms with Gasteiger partial charge in [-0.15, -0.1) is 0 Å². The average Bonchev–Trinajstić information content (AvgIpc) is 2.18. The van der Waals surface area contributed by atoms with E-state index in [-0.39, 0.29) is 5.92 Å². The molecule has 0 amide bonds. The highest BCUT2D eigenvalue weighted by Crippen LogP contribution is 2.15. The molecular weight excluding hydrogens is 292 g/mol. The third kappa shape index (κ3) is 9.06. The Hall–Kier alpha value is -0.660. The van der Waals surface area contributed by atoms with Crippen molar-refractivity contribution in [1.82, 2.24) is 9.44 Å². The fraction of sp³-hybridized carbons (Fsp3) is 0.929. The van der Waals surface area contributed by atoms with Crippen molar-refractivity contribution in [3.05, 3.63) is 0 Å². The summed E-state index contributed by atoms with van der Waals surface area (Å²) in [4.78, 5) is 12.2. The Morgan fingerprint density at radius 1 is 1.14 bits per heavy atom. The third-order valence-electron chi connectivity index (χ3n) is 2.60. The monoisotopic (exact) mass is 322 g/mol. The lowest BCUT2D eigenvalue weighted by atomic mass is 10.00. The van der Waals surface area contributed by atoms with Gasteiger partial charge in [-0.1, -0.05) is 20.3 Å². The first kappa shape index (κ1) is 20.3. The Bertz CT molecular complexity index is 447. The van der Waals surface area contributed by atoms with Crippen LogP contribution in [0.2, 0.25) is 0 Å². The molecule has 21 heavy (non-hydrogen) atoms. The summed E-state index contributed by atoms with van der Waals surface area (Å²) in [6.07, 6.45) is 0.655. The SMILES string of the molecule is CC[C@H](C)[C@H](NS(=O)(=O)NC(C)(C)C)C(=O)OC(C)(C)C. The van der Waals surface area contributed by atoms with E-state index < -0.39 is 33.4 Å². The van der Waals surface area contributed by atoms with E-state index in [1.54, 1.807) is 41.5 Å². The van der Waals surface area contributed by atoms with Crippen LogP contribution in [0.15, 0.2) is 0 Å². The molecule has 0 spiro atoms. The van der Waals surface area contributed by atoms with Crippen LogP contribution in [0.25, 0.3) is 0 Å². The molecule has 0 heterocycles. The molecule has 0 saturated carbocycles. The molecule has 7 heteroatoms. The van der Waals surface area contributed by atoms with Gasteiger partial charge in [0.15, 0.2) is 0 Å². The van der Waals surface area contributed by atoms with Crippen molar-refractivity contribution in [2.45, 2.75) is 79.0 Å². The molecule has 0 aliphatic carbocycles. The largest absolute Gasteiger partial charge is 0.459 e. The smallest absolute Gasteiger partial charge is 0.325 e. The Morgan fingerprint density at radius 2 is 1.62 bits per heavy atom. The van der Waals surface area contributed by atoms with E-state index >= 15 is 0 Å². The molecule has 0 aromatic rings. The maximum absolute atomic E-state index is 12.2. The molecule has 2 N–H and O–H groups in total. The van der Waals surface area contributed by atoms with E-state index in [1.807, 2.05) is 13.8 Å². The van der Waals surface area contributed by atoms with Crippen LogP contribution in [-0.2, 0) is 19.7 Å². The summed E-state index contributed by atoms with van der Waals surface area (Å²) in [6.45, 7) is 14.2. The normalized spacial score (nSPS) is 16.4. The van der Waals surface area contributed by atoms with E-state index in [9.17, 15) is 13.2 Å². The van der Waals surface area contributed by atoms with Gasteiger partial charge in [0.1, 0.15) is 11.6 Å². The first-order chi connectivity index (χ1) is 9.17. The number of ether oxygens (including phenoxy) is 1. The highest BCUT2D eigenvalue weighted by Gasteiger charge is 2.33. The van der Waals surface area contributed by atoms with Crippen molar-refractivity contribution < 1.29 is 17.9 Å². The van der Waals surface area contributed by atoms with Crippen molar-refractivity contribution in [3.8, 4) is 0 Å². The number of carbonyl (C=O) groups is 1. The van der Waals surface area contributed by atoms with Crippen molar-refractivity contribution in [2.24, 2.45) is 5.92 Å². The molecular formula is C14H30N2O4S. The van der Waals surface area contributed by atoms with Gasteiger partial charge in [-0.2, -0.15) is 17.9 Å². The van der Waals surface area contributed by atoms with Crippen molar-refractivity contribution in [1.29, 1.82) is 0 Å². The lowest BCUT2D eigenvalue weighted by Gasteiger charge is -2.29. The summed E-state index contributed by atoms with van der Waals surface area (Å²) in [5.74, 6) is -0.729. The summed E-state index contributed by atoms with van der Waals surface area (Å²) >= 11 is 0. The predicted molar refractivity (Wildman–Crippen MR) is 84.0 cm³/mol. The van der Waals surface area contributed by atoms with Crippen LogP contribution in [0.5, 0.6) is 0 Å². The quantitative estimate of drug-likeness (QED) is 0.732. The summed E-state index contributed by atoms with van der Waals surface area (Å²) < 4.78 is 34.4. The van der Waals surface area contributed by atoms with Gasteiger partial charge in [-0.05, 0) is 47.5 Å². The number of esters is 1. The molecule has 0 aliphatic heterocycles. The molecule has 2 atom stereocenters. The predicted octanol–water partition coefficient (Wildman–Crippen LogP) is 1.97. The summed E-state index contributed by atoms with van der Waals surface area (Å²) in [7, 11) is -3.80. The van der Waals surface area contributed by atoms with E-state index in [1.165, 1.54) is 0 Å². The molecule has 6 nitrogen and oxygen atoms in total. The van der Waals surface area contributed by atoms with Crippen molar-refractivity contribution in [2.75, 3.05) is 0 Å². The Morgan fingerprint density at radius 3 is 1.95 bits per heavy atom. The van der Waals surface area contributed by atoms with E-state index in [0.717, 1.165) is 0 Å². The van der Waals surface area contributed by atoms with Gasteiger partial charge < -0.3 is 4.74 Å². The molecule has 0 saturated heterocycles. The fourth-order valence-electron chi connectivity index (χ4n) is 1.60. The lowest BCUT2D eigenvalue weighted by molar-refractivity contribution is -0.158. The van der Waals surface area contributed by atoms with Crippen LogP contribution in [0.3, 0.4) is 0 Å². The van der Waals surface area contributed by atoms with Gasteiger partial charge in [0.05, 0.1) is 0 Å². The van der Waals surface area contributed by atoms with Crippen molar-refractivity contribution in [3.63, 3.8) is 0 Å². The zero-order valence-corrected chi connectivity index (χ0v) is 15.2. The summed E-state index contributed by atoms with van der Waals surface area (Å²) in [5, 5.41) is 0.